The van der Waals surface area contributed by atoms with Gasteiger partial charge in [-0.15, -0.1) is 0 Å². The molecule has 0 unspecified atom stereocenters. The van der Waals surface area contributed by atoms with E-state index in [9.17, 15) is 9.90 Å². The Hall–Kier alpha value is -1.35. The lowest BCUT2D eigenvalue weighted by atomic mass is 9.88. The molecule has 0 spiro atoms. The Bertz CT molecular complexity index is 417. The van der Waals surface area contributed by atoms with Gasteiger partial charge in [-0.1, -0.05) is 18.2 Å². The zero-order chi connectivity index (χ0) is 13.1. The van der Waals surface area contributed by atoms with Crippen molar-refractivity contribution in [2.45, 2.75) is 38.7 Å². The number of esters is 1. The lowest BCUT2D eigenvalue weighted by Gasteiger charge is -2.17. The van der Waals surface area contributed by atoms with Crippen LogP contribution >= 0.6 is 0 Å². The normalized spacial score (nSPS) is 35.0. The summed E-state index contributed by atoms with van der Waals surface area (Å²) >= 11 is 0. The molecule has 0 amide bonds. The van der Waals surface area contributed by atoms with E-state index < -0.39 is 0 Å². The number of aliphatic hydroxyl groups is 1. The molecule has 3 heteroatoms. The van der Waals surface area contributed by atoms with Crippen molar-refractivity contribution in [1.29, 1.82) is 0 Å². The molecular weight excluding hydrogens is 228 g/mol. The van der Waals surface area contributed by atoms with Gasteiger partial charge in [0.2, 0.25) is 0 Å². The molecule has 98 valence electrons. The second-order valence-corrected chi connectivity index (χ2v) is 5.11. The first-order valence-corrected chi connectivity index (χ1v) is 6.47. The molecule has 2 rings (SSSR count). The quantitative estimate of drug-likeness (QED) is 0.440. The fourth-order valence-corrected chi connectivity index (χ4v) is 2.56. The van der Waals surface area contributed by atoms with Crippen LogP contribution in [0.2, 0.25) is 0 Å². The van der Waals surface area contributed by atoms with Gasteiger partial charge in [0.25, 0.3) is 0 Å². The highest BCUT2D eigenvalue weighted by Gasteiger charge is 2.37. The first-order valence-electron chi connectivity index (χ1n) is 6.47. The van der Waals surface area contributed by atoms with E-state index in [0.29, 0.717) is 5.57 Å². The smallest absolute Gasteiger partial charge is 0.334 e. The van der Waals surface area contributed by atoms with Gasteiger partial charge >= 0.3 is 5.97 Å². The molecule has 1 heterocycles. The number of carbonyl (C=O) groups excluding carboxylic acids is 1. The van der Waals surface area contributed by atoms with Crippen LogP contribution in [0, 0.1) is 5.92 Å². The number of allylic oxidation sites excluding steroid dienone is 2. The Kier molecular flexibility index (Phi) is 4.02. The standard InChI is InChI=1S/C15H20O3/c1-10-4-3-5-12(9-16)8-14-13(7-6-10)11(2)15(17)18-14/h4,8,13-14,16H,2-3,5-7,9H2,1H3/b10-4-,12-8+/t13-,14-/m0/s1. The van der Waals surface area contributed by atoms with Crippen LogP contribution in [0.15, 0.2) is 35.5 Å². The van der Waals surface area contributed by atoms with Gasteiger partial charge in [0.05, 0.1) is 6.61 Å². The van der Waals surface area contributed by atoms with Crippen LogP contribution in [0.1, 0.15) is 32.6 Å². The number of fused-ring (bicyclic) bond motifs is 1. The van der Waals surface area contributed by atoms with Crippen molar-refractivity contribution in [3.63, 3.8) is 0 Å². The molecule has 1 aliphatic heterocycles. The van der Waals surface area contributed by atoms with Crippen molar-refractivity contribution in [2.75, 3.05) is 6.61 Å². The van der Waals surface area contributed by atoms with E-state index in [1.165, 1.54) is 5.57 Å². The first kappa shape index (κ1) is 13.1. The van der Waals surface area contributed by atoms with Gasteiger partial charge in [-0.25, -0.2) is 4.79 Å². The highest BCUT2D eigenvalue weighted by atomic mass is 16.5. The molecule has 0 aromatic rings. The van der Waals surface area contributed by atoms with E-state index in [2.05, 4.69) is 19.6 Å². The molecule has 0 bridgehead atoms. The average Bonchev–Trinajstić information content (AvgIpc) is 2.61. The Balaban J connectivity index is 2.26. The molecule has 3 nitrogen and oxygen atoms in total. The summed E-state index contributed by atoms with van der Waals surface area (Å²) in [6.45, 7) is 5.97. The maximum Gasteiger partial charge on any atom is 0.334 e. The van der Waals surface area contributed by atoms with E-state index in [-0.39, 0.29) is 24.6 Å². The summed E-state index contributed by atoms with van der Waals surface area (Å²) < 4.78 is 5.33. The summed E-state index contributed by atoms with van der Waals surface area (Å²) in [5, 5.41) is 9.34. The van der Waals surface area contributed by atoms with Crippen molar-refractivity contribution in [3.05, 3.63) is 35.5 Å². The zero-order valence-electron chi connectivity index (χ0n) is 10.8. The fourth-order valence-electron chi connectivity index (χ4n) is 2.56. The second kappa shape index (κ2) is 5.53. The van der Waals surface area contributed by atoms with Gasteiger partial charge in [-0.3, -0.25) is 0 Å². The summed E-state index contributed by atoms with van der Waals surface area (Å²) in [5.41, 5.74) is 2.85. The summed E-state index contributed by atoms with van der Waals surface area (Å²) in [6, 6.07) is 0. The van der Waals surface area contributed by atoms with E-state index in [1.54, 1.807) is 0 Å². The van der Waals surface area contributed by atoms with E-state index in [1.807, 2.05) is 6.08 Å². The van der Waals surface area contributed by atoms with Gasteiger partial charge in [0, 0.05) is 11.5 Å². The number of aliphatic hydroxyl groups excluding tert-OH is 1. The van der Waals surface area contributed by atoms with Gasteiger partial charge in [-0.05, 0) is 44.3 Å². The number of carbonyl (C=O) groups is 1. The van der Waals surface area contributed by atoms with Crippen LogP contribution in [-0.4, -0.2) is 23.8 Å². The molecule has 0 aromatic heterocycles. The molecule has 1 N–H and O–H groups in total. The average molecular weight is 248 g/mol. The summed E-state index contributed by atoms with van der Waals surface area (Å²) in [6.07, 6.45) is 7.50. The van der Waals surface area contributed by atoms with Crippen molar-refractivity contribution >= 4 is 5.97 Å². The highest BCUT2D eigenvalue weighted by Crippen LogP contribution is 2.34. The Labute approximate surface area is 108 Å². The Morgan fingerprint density at radius 2 is 2.28 bits per heavy atom. The zero-order valence-corrected chi connectivity index (χ0v) is 10.8. The van der Waals surface area contributed by atoms with Gasteiger partial charge in [0.1, 0.15) is 6.10 Å². The molecule has 0 aromatic carbocycles. The Morgan fingerprint density at radius 3 is 3.00 bits per heavy atom. The summed E-state index contributed by atoms with van der Waals surface area (Å²) in [5.74, 6) is -0.236. The van der Waals surface area contributed by atoms with E-state index in [4.69, 9.17) is 4.74 Å². The molecule has 2 atom stereocenters. The predicted octanol–water partition coefficient (Wildman–Crippen LogP) is 2.52. The monoisotopic (exact) mass is 248 g/mol. The maximum absolute atomic E-state index is 11.6. The highest BCUT2D eigenvalue weighted by molar-refractivity contribution is 5.91. The number of hydrogen-bond donors (Lipinski definition) is 1. The van der Waals surface area contributed by atoms with Crippen LogP contribution < -0.4 is 0 Å². The van der Waals surface area contributed by atoms with Crippen LogP contribution in [0.5, 0.6) is 0 Å². The summed E-state index contributed by atoms with van der Waals surface area (Å²) in [7, 11) is 0. The number of ether oxygens (including phenoxy) is 1. The van der Waals surface area contributed by atoms with Crippen LogP contribution in [-0.2, 0) is 9.53 Å². The number of hydrogen-bond acceptors (Lipinski definition) is 3. The van der Waals surface area contributed by atoms with Crippen LogP contribution in [0.3, 0.4) is 0 Å². The molecule has 0 radical (unpaired) electrons. The topological polar surface area (TPSA) is 46.5 Å². The van der Waals surface area contributed by atoms with Gasteiger partial charge in [0.15, 0.2) is 0 Å². The third-order valence-corrected chi connectivity index (χ3v) is 3.76. The fraction of sp³-hybridized carbons (Fsp3) is 0.533. The molecule has 1 fully saturated rings. The summed E-state index contributed by atoms with van der Waals surface area (Å²) in [4.78, 5) is 11.6. The molecule has 18 heavy (non-hydrogen) atoms. The Morgan fingerprint density at radius 1 is 1.50 bits per heavy atom. The molecular formula is C15H20O3. The van der Waals surface area contributed by atoms with Gasteiger partial charge < -0.3 is 9.84 Å². The van der Waals surface area contributed by atoms with Crippen molar-refractivity contribution in [1.82, 2.24) is 0 Å². The van der Waals surface area contributed by atoms with Crippen molar-refractivity contribution in [2.24, 2.45) is 5.92 Å². The van der Waals surface area contributed by atoms with Gasteiger partial charge in [-0.2, -0.15) is 0 Å². The van der Waals surface area contributed by atoms with E-state index in [0.717, 1.165) is 31.3 Å². The minimum absolute atomic E-state index is 0.0279. The third-order valence-electron chi connectivity index (χ3n) is 3.76. The first-order chi connectivity index (χ1) is 8.61. The minimum atomic E-state index is -0.292. The lowest BCUT2D eigenvalue weighted by molar-refractivity contribution is -0.137. The van der Waals surface area contributed by atoms with E-state index >= 15 is 0 Å². The van der Waals surface area contributed by atoms with Crippen LogP contribution in [0.4, 0.5) is 0 Å². The molecule has 1 aliphatic carbocycles. The number of rotatable bonds is 1. The predicted molar refractivity (Wildman–Crippen MR) is 69.9 cm³/mol. The third kappa shape index (κ3) is 2.72. The van der Waals surface area contributed by atoms with Crippen molar-refractivity contribution in [3.8, 4) is 0 Å². The lowest BCUT2D eigenvalue weighted by Crippen LogP contribution is -2.16. The van der Waals surface area contributed by atoms with Crippen LogP contribution in [0.25, 0.3) is 0 Å². The largest absolute Gasteiger partial charge is 0.454 e. The maximum atomic E-state index is 11.6. The van der Waals surface area contributed by atoms with Crippen molar-refractivity contribution < 1.29 is 14.6 Å². The molecule has 2 aliphatic rings. The SMILES string of the molecule is C=C1C(=O)O[C@H]2/C=C(/CO)CC/C=C(/C)CC[C@@H]12. The molecule has 1 saturated heterocycles. The minimum Gasteiger partial charge on any atom is -0.454 e. The molecule has 0 saturated carbocycles. The second-order valence-electron chi connectivity index (χ2n) is 5.11.